The van der Waals surface area contributed by atoms with Gasteiger partial charge in [-0.15, -0.1) is 0 Å². The van der Waals surface area contributed by atoms with Gasteiger partial charge in [0.1, 0.15) is 17.8 Å². The average molecular weight is 401 g/mol. The highest BCUT2D eigenvalue weighted by Gasteiger charge is 2.20. The fourth-order valence-electron chi connectivity index (χ4n) is 3.18. The minimum absolute atomic E-state index is 0.00466. The Labute approximate surface area is 172 Å². The number of amides is 2. The van der Waals surface area contributed by atoms with Gasteiger partial charge >= 0.3 is 0 Å². The first-order valence-electron chi connectivity index (χ1n) is 9.17. The average Bonchev–Trinajstić information content (AvgIpc) is 3.18. The lowest BCUT2D eigenvalue weighted by Crippen LogP contribution is -2.18. The maximum atomic E-state index is 13.2. The summed E-state index contributed by atoms with van der Waals surface area (Å²) in [5, 5.41) is 2.87. The topological polar surface area (TPSA) is 112 Å². The summed E-state index contributed by atoms with van der Waals surface area (Å²) < 4.78 is 6.79. The van der Waals surface area contributed by atoms with Crippen LogP contribution in [0, 0.1) is 6.92 Å². The molecule has 0 saturated carbocycles. The number of carbonyl (C=O) groups excluding carboxylic acids is 2. The second kappa shape index (κ2) is 7.67. The van der Waals surface area contributed by atoms with Crippen molar-refractivity contribution in [3.8, 4) is 17.0 Å². The Morgan fingerprint density at radius 1 is 1.10 bits per heavy atom. The highest BCUT2D eigenvalue weighted by atomic mass is 16.5. The molecule has 2 amide bonds. The summed E-state index contributed by atoms with van der Waals surface area (Å²) in [5.74, 6) is -0.593. The monoisotopic (exact) mass is 401 g/mol. The van der Waals surface area contributed by atoms with Crippen LogP contribution in [-0.4, -0.2) is 33.3 Å². The number of benzene rings is 2. The molecule has 8 heteroatoms. The Balaban J connectivity index is 1.86. The summed E-state index contributed by atoms with van der Waals surface area (Å²) in [7, 11) is 1.54. The Morgan fingerprint density at radius 2 is 1.87 bits per heavy atom. The van der Waals surface area contributed by atoms with Crippen molar-refractivity contribution < 1.29 is 14.3 Å². The molecule has 0 saturated heterocycles. The number of primary amides is 1. The molecule has 3 N–H and O–H groups in total. The lowest BCUT2D eigenvalue weighted by atomic mass is 10.1. The number of fused-ring (bicyclic) bond motifs is 1. The van der Waals surface area contributed by atoms with Crippen molar-refractivity contribution >= 4 is 23.1 Å². The van der Waals surface area contributed by atoms with Crippen molar-refractivity contribution in [1.82, 2.24) is 14.4 Å². The number of hydrogen-bond donors (Lipinski definition) is 2. The Kier molecular flexibility index (Phi) is 4.89. The molecule has 30 heavy (non-hydrogen) atoms. The molecule has 2 aromatic carbocycles. The number of nitrogens with two attached hydrogens (primary N) is 1. The number of nitrogens with one attached hydrogen (secondary N) is 1. The summed E-state index contributed by atoms with van der Waals surface area (Å²) in [5.41, 5.74) is 8.72. The van der Waals surface area contributed by atoms with Crippen molar-refractivity contribution in [2.24, 2.45) is 5.73 Å². The third kappa shape index (κ3) is 3.46. The summed E-state index contributed by atoms with van der Waals surface area (Å²) in [4.78, 5) is 33.6. The van der Waals surface area contributed by atoms with E-state index in [2.05, 4.69) is 15.3 Å². The number of hydrogen-bond acceptors (Lipinski definition) is 5. The lowest BCUT2D eigenvalue weighted by Gasteiger charge is -2.13. The second-order valence-electron chi connectivity index (χ2n) is 6.70. The van der Waals surface area contributed by atoms with Crippen molar-refractivity contribution in [1.29, 1.82) is 0 Å². The maximum absolute atomic E-state index is 13.2. The van der Waals surface area contributed by atoms with E-state index in [0.717, 1.165) is 11.1 Å². The maximum Gasteiger partial charge on any atom is 0.272 e. The number of ether oxygens (including phenoxy) is 1. The quantitative estimate of drug-likeness (QED) is 0.534. The molecule has 0 aliphatic heterocycles. The molecular formula is C22H19N5O3. The number of carbonyl (C=O) groups is 2. The van der Waals surface area contributed by atoms with Gasteiger partial charge in [0.05, 0.1) is 18.5 Å². The van der Waals surface area contributed by atoms with Gasteiger partial charge in [0, 0.05) is 5.56 Å². The molecule has 4 aromatic rings. The zero-order chi connectivity index (χ0) is 21.3. The third-order valence-corrected chi connectivity index (χ3v) is 4.64. The highest BCUT2D eigenvalue weighted by Crippen LogP contribution is 2.27. The number of anilines is 1. The van der Waals surface area contributed by atoms with Crippen LogP contribution in [0.5, 0.6) is 5.75 Å². The number of rotatable bonds is 5. The Bertz CT molecular complexity index is 1260. The van der Waals surface area contributed by atoms with Gasteiger partial charge in [-0.3, -0.25) is 14.0 Å². The molecule has 8 nitrogen and oxygen atoms in total. The van der Waals surface area contributed by atoms with Crippen molar-refractivity contribution in [3.05, 3.63) is 77.9 Å². The van der Waals surface area contributed by atoms with E-state index in [0.29, 0.717) is 17.1 Å². The minimum Gasteiger partial charge on any atom is -0.495 e. The van der Waals surface area contributed by atoms with Gasteiger partial charge in [0.2, 0.25) is 0 Å². The fraction of sp³-hybridized carbons (Fsp3) is 0.0909. The van der Waals surface area contributed by atoms with Gasteiger partial charge in [-0.05, 0) is 30.7 Å². The second-order valence-corrected chi connectivity index (χ2v) is 6.70. The first kappa shape index (κ1) is 19.1. The third-order valence-electron chi connectivity index (χ3n) is 4.64. The molecule has 0 atom stereocenters. The van der Waals surface area contributed by atoms with Gasteiger partial charge < -0.3 is 15.8 Å². The molecule has 0 aliphatic carbocycles. The molecule has 0 fully saturated rings. The lowest BCUT2D eigenvalue weighted by molar-refractivity contribution is 0.0993. The van der Waals surface area contributed by atoms with Gasteiger partial charge in [-0.1, -0.05) is 36.4 Å². The molecule has 0 radical (unpaired) electrons. The van der Waals surface area contributed by atoms with Crippen LogP contribution >= 0.6 is 0 Å². The zero-order valence-corrected chi connectivity index (χ0v) is 16.4. The first-order valence-corrected chi connectivity index (χ1v) is 9.17. The van der Waals surface area contributed by atoms with E-state index in [1.54, 1.807) is 12.1 Å². The number of aromatic nitrogens is 3. The van der Waals surface area contributed by atoms with Gasteiger partial charge in [-0.2, -0.15) is 0 Å². The molecule has 0 unspecified atom stereocenters. The SMILES string of the molecule is COc1ccc(C)cc1NC(=O)c1cc(-c2ccccc2)nc2c(C(N)=O)ncn12. The van der Waals surface area contributed by atoms with Crippen LogP contribution in [-0.2, 0) is 0 Å². The van der Waals surface area contributed by atoms with Crippen LogP contribution < -0.4 is 15.8 Å². The summed E-state index contributed by atoms with van der Waals surface area (Å²) >= 11 is 0. The largest absolute Gasteiger partial charge is 0.495 e. The van der Waals surface area contributed by atoms with Crippen LogP contribution in [0.3, 0.4) is 0 Å². The molecule has 0 spiro atoms. The van der Waals surface area contributed by atoms with Crippen LogP contribution in [0.1, 0.15) is 26.5 Å². The van der Waals surface area contributed by atoms with E-state index in [-0.39, 0.29) is 17.0 Å². The zero-order valence-electron chi connectivity index (χ0n) is 16.4. The van der Waals surface area contributed by atoms with Gasteiger partial charge in [-0.25, -0.2) is 9.97 Å². The molecule has 2 aromatic heterocycles. The highest BCUT2D eigenvalue weighted by molar-refractivity contribution is 6.06. The Morgan fingerprint density at radius 3 is 2.57 bits per heavy atom. The van der Waals surface area contributed by atoms with E-state index in [9.17, 15) is 9.59 Å². The van der Waals surface area contributed by atoms with Crippen molar-refractivity contribution in [2.45, 2.75) is 6.92 Å². The normalized spacial score (nSPS) is 10.7. The van der Waals surface area contributed by atoms with E-state index < -0.39 is 11.8 Å². The van der Waals surface area contributed by atoms with E-state index in [1.807, 2.05) is 49.4 Å². The Hall–Kier alpha value is -4.20. The summed E-state index contributed by atoms with van der Waals surface area (Å²) in [6, 6.07) is 16.5. The van der Waals surface area contributed by atoms with E-state index in [1.165, 1.54) is 17.8 Å². The summed E-state index contributed by atoms with van der Waals surface area (Å²) in [6.07, 6.45) is 1.36. The number of methoxy groups -OCH3 is 1. The predicted molar refractivity (Wildman–Crippen MR) is 113 cm³/mol. The molecule has 150 valence electrons. The van der Waals surface area contributed by atoms with Crippen LogP contribution in [0.2, 0.25) is 0 Å². The standard InChI is InChI=1S/C22H19N5O3/c1-13-8-9-18(30-2)16(10-13)26-22(29)17-11-15(14-6-4-3-5-7-14)25-21-19(20(23)28)24-12-27(17)21/h3-12H,1-2H3,(H2,23,28)(H,26,29). The van der Waals surface area contributed by atoms with Gasteiger partial charge in [0.25, 0.3) is 11.8 Å². The summed E-state index contributed by atoms with van der Waals surface area (Å²) in [6.45, 7) is 1.92. The molecule has 0 bridgehead atoms. The van der Waals surface area contributed by atoms with Gasteiger partial charge in [0.15, 0.2) is 11.3 Å². The first-order chi connectivity index (χ1) is 14.5. The fourth-order valence-corrected chi connectivity index (χ4v) is 3.18. The van der Waals surface area contributed by atoms with E-state index in [4.69, 9.17) is 10.5 Å². The molecular weight excluding hydrogens is 382 g/mol. The minimum atomic E-state index is -0.720. The smallest absolute Gasteiger partial charge is 0.272 e. The number of nitrogens with zero attached hydrogens (tertiary/aromatic N) is 3. The van der Waals surface area contributed by atoms with Crippen LogP contribution in [0.4, 0.5) is 5.69 Å². The van der Waals surface area contributed by atoms with E-state index >= 15 is 0 Å². The molecule has 0 aliphatic rings. The number of aryl methyl sites for hydroxylation is 1. The van der Waals surface area contributed by atoms with Crippen molar-refractivity contribution in [2.75, 3.05) is 12.4 Å². The number of imidazole rings is 1. The molecule has 4 rings (SSSR count). The van der Waals surface area contributed by atoms with Crippen molar-refractivity contribution in [3.63, 3.8) is 0 Å². The predicted octanol–water partition coefficient (Wildman–Crippen LogP) is 3.06. The van der Waals surface area contributed by atoms with Crippen LogP contribution in [0.25, 0.3) is 16.9 Å². The molecule has 2 heterocycles. The van der Waals surface area contributed by atoms with Crippen LogP contribution in [0.15, 0.2) is 60.9 Å².